The third-order valence-corrected chi connectivity index (χ3v) is 7.58. The quantitative estimate of drug-likeness (QED) is 0.409. The molecule has 0 spiro atoms. The second-order valence-corrected chi connectivity index (χ2v) is 10.9. The minimum absolute atomic E-state index is 0.223. The predicted molar refractivity (Wildman–Crippen MR) is 119 cm³/mol. The van der Waals surface area contributed by atoms with Crippen molar-refractivity contribution in [1.82, 2.24) is 14.8 Å². The Bertz CT molecular complexity index is 1100. The number of carboxylic acids is 1. The van der Waals surface area contributed by atoms with Gasteiger partial charge in [0, 0.05) is 16.4 Å². The first-order chi connectivity index (χ1) is 13.8. The molecule has 0 amide bonds. The minimum Gasteiger partial charge on any atom is -0.476 e. The van der Waals surface area contributed by atoms with E-state index in [1.54, 1.807) is 23.9 Å². The van der Waals surface area contributed by atoms with E-state index >= 15 is 0 Å². The minimum atomic E-state index is -0.975. The normalized spacial score (nSPS) is 14.0. The van der Waals surface area contributed by atoms with Crippen LogP contribution in [0.3, 0.4) is 0 Å². The Hall–Kier alpha value is -1.54. The first-order valence-corrected chi connectivity index (χ1v) is 11.7. The number of aromatic carboxylic acids is 1. The molecule has 5 nitrogen and oxygen atoms in total. The van der Waals surface area contributed by atoms with Gasteiger partial charge in [-0.2, -0.15) is 9.78 Å². The number of hydrogen-bond acceptors (Lipinski definition) is 5. The van der Waals surface area contributed by atoms with Crippen LogP contribution in [0, 0.1) is 6.92 Å². The number of thioether (sulfide) groups is 1. The molecule has 2 aromatic heterocycles. The van der Waals surface area contributed by atoms with Crippen molar-refractivity contribution in [2.45, 2.75) is 49.0 Å². The Morgan fingerprint density at radius 1 is 1.31 bits per heavy atom. The summed E-state index contributed by atoms with van der Waals surface area (Å²) in [5.74, 6) is -0.689. The van der Waals surface area contributed by atoms with Crippen LogP contribution in [0.5, 0.6) is 0 Å². The molecule has 3 aromatic rings. The van der Waals surface area contributed by atoms with Crippen LogP contribution < -0.4 is 0 Å². The molecule has 0 aliphatic heterocycles. The Kier molecular flexibility index (Phi) is 5.68. The summed E-state index contributed by atoms with van der Waals surface area (Å²) in [7, 11) is 0. The van der Waals surface area contributed by atoms with Crippen molar-refractivity contribution in [1.29, 1.82) is 0 Å². The summed E-state index contributed by atoms with van der Waals surface area (Å²) in [5.41, 5.74) is 3.42. The fourth-order valence-electron chi connectivity index (χ4n) is 3.25. The SMILES string of the molecule is Cc1nn(-c2nc(-c3ccc(Cl)c(Cl)c3)c(SC(C)C)s2)c(C(=O)O)c1C1CC1. The zero-order valence-corrected chi connectivity index (χ0v) is 19.2. The van der Waals surface area contributed by atoms with Crippen molar-refractivity contribution in [3.63, 3.8) is 0 Å². The van der Waals surface area contributed by atoms with Gasteiger partial charge in [-0.3, -0.25) is 0 Å². The van der Waals surface area contributed by atoms with Gasteiger partial charge in [0.25, 0.3) is 0 Å². The first kappa shape index (κ1) is 20.7. The molecule has 2 heterocycles. The average Bonchev–Trinajstić information content (AvgIpc) is 3.30. The number of thiazole rings is 1. The monoisotopic (exact) mass is 467 g/mol. The van der Waals surface area contributed by atoms with Crippen LogP contribution >= 0.6 is 46.3 Å². The zero-order chi connectivity index (χ0) is 20.9. The summed E-state index contributed by atoms with van der Waals surface area (Å²) in [6.45, 7) is 6.08. The van der Waals surface area contributed by atoms with Crippen molar-refractivity contribution in [3.05, 3.63) is 45.2 Å². The van der Waals surface area contributed by atoms with Crippen LogP contribution in [0.1, 0.15) is 54.4 Å². The van der Waals surface area contributed by atoms with E-state index in [2.05, 4.69) is 18.9 Å². The molecule has 9 heteroatoms. The first-order valence-electron chi connectivity index (χ1n) is 9.22. The number of halogens is 2. The number of carbonyl (C=O) groups is 1. The van der Waals surface area contributed by atoms with Gasteiger partial charge in [0.1, 0.15) is 0 Å². The fraction of sp³-hybridized carbons (Fsp3) is 0.350. The zero-order valence-electron chi connectivity index (χ0n) is 16.1. The highest BCUT2D eigenvalue weighted by atomic mass is 35.5. The molecule has 1 saturated carbocycles. The van der Waals surface area contributed by atoms with E-state index in [-0.39, 0.29) is 11.6 Å². The van der Waals surface area contributed by atoms with Gasteiger partial charge in [0.15, 0.2) is 5.69 Å². The lowest BCUT2D eigenvalue weighted by Crippen LogP contribution is -2.09. The number of carboxylic acid groups (broad SMARTS) is 1. The Morgan fingerprint density at radius 2 is 2.03 bits per heavy atom. The van der Waals surface area contributed by atoms with Gasteiger partial charge in [0.2, 0.25) is 5.13 Å². The molecule has 1 aromatic carbocycles. The van der Waals surface area contributed by atoms with Crippen molar-refractivity contribution in [3.8, 4) is 16.4 Å². The topological polar surface area (TPSA) is 68.0 Å². The van der Waals surface area contributed by atoms with Crippen LogP contribution in [-0.4, -0.2) is 31.1 Å². The molecule has 1 aliphatic carbocycles. The van der Waals surface area contributed by atoms with Gasteiger partial charge in [-0.1, -0.05) is 54.5 Å². The van der Waals surface area contributed by atoms with E-state index in [0.717, 1.165) is 39.6 Å². The molecule has 1 aliphatic rings. The molecule has 152 valence electrons. The number of aromatic nitrogens is 3. The summed E-state index contributed by atoms with van der Waals surface area (Å²) < 4.78 is 2.48. The summed E-state index contributed by atoms with van der Waals surface area (Å²) >= 11 is 15.4. The van der Waals surface area contributed by atoms with E-state index in [9.17, 15) is 9.90 Å². The van der Waals surface area contributed by atoms with Crippen LogP contribution in [0.4, 0.5) is 0 Å². The third kappa shape index (κ3) is 4.06. The maximum Gasteiger partial charge on any atom is 0.355 e. The van der Waals surface area contributed by atoms with E-state index in [4.69, 9.17) is 28.2 Å². The van der Waals surface area contributed by atoms with Gasteiger partial charge >= 0.3 is 5.97 Å². The lowest BCUT2D eigenvalue weighted by atomic mass is 10.1. The van der Waals surface area contributed by atoms with Gasteiger partial charge in [-0.15, -0.1) is 11.8 Å². The smallest absolute Gasteiger partial charge is 0.355 e. The summed E-state index contributed by atoms with van der Waals surface area (Å²) in [6.07, 6.45) is 2.02. The maximum absolute atomic E-state index is 12.1. The van der Waals surface area contributed by atoms with Crippen LogP contribution in [0.15, 0.2) is 22.4 Å². The number of rotatable bonds is 6. The molecule has 4 rings (SSSR count). The Balaban J connectivity index is 1.88. The van der Waals surface area contributed by atoms with E-state index < -0.39 is 5.97 Å². The predicted octanol–water partition coefficient (Wildman–Crippen LogP) is 6.69. The van der Waals surface area contributed by atoms with Gasteiger partial charge in [-0.05, 0) is 37.8 Å². The molecule has 0 unspecified atom stereocenters. The van der Waals surface area contributed by atoms with E-state index in [1.165, 1.54) is 16.0 Å². The van der Waals surface area contributed by atoms with E-state index in [0.29, 0.717) is 20.4 Å². The highest BCUT2D eigenvalue weighted by Crippen LogP contribution is 2.45. The number of aryl methyl sites for hydroxylation is 1. The molecule has 0 atom stereocenters. The lowest BCUT2D eigenvalue weighted by Gasteiger charge is -2.05. The van der Waals surface area contributed by atoms with Crippen LogP contribution in [0.2, 0.25) is 10.0 Å². The summed E-state index contributed by atoms with van der Waals surface area (Å²) in [5, 5.41) is 16.2. The van der Waals surface area contributed by atoms with E-state index in [1.807, 2.05) is 13.0 Å². The lowest BCUT2D eigenvalue weighted by molar-refractivity contribution is 0.0685. The van der Waals surface area contributed by atoms with Gasteiger partial charge in [-0.25, -0.2) is 9.78 Å². The van der Waals surface area contributed by atoms with Crippen molar-refractivity contribution in [2.24, 2.45) is 0 Å². The molecule has 0 bridgehead atoms. The van der Waals surface area contributed by atoms with Crippen LogP contribution in [0.25, 0.3) is 16.4 Å². The largest absolute Gasteiger partial charge is 0.476 e. The molecule has 0 radical (unpaired) electrons. The third-order valence-electron chi connectivity index (χ3n) is 4.60. The molecular formula is C20H19Cl2N3O2S2. The molecule has 1 N–H and O–H groups in total. The number of hydrogen-bond donors (Lipinski definition) is 1. The molecular weight excluding hydrogens is 449 g/mol. The van der Waals surface area contributed by atoms with Crippen molar-refractivity contribution < 1.29 is 9.90 Å². The number of nitrogens with zero attached hydrogens (tertiary/aromatic N) is 3. The molecule has 0 saturated heterocycles. The molecule has 1 fully saturated rings. The Morgan fingerprint density at radius 3 is 2.62 bits per heavy atom. The summed E-state index contributed by atoms with van der Waals surface area (Å²) in [4.78, 5) is 16.8. The summed E-state index contributed by atoms with van der Waals surface area (Å²) in [6, 6.07) is 5.41. The van der Waals surface area contributed by atoms with Crippen LogP contribution in [-0.2, 0) is 0 Å². The van der Waals surface area contributed by atoms with Crippen molar-refractivity contribution >= 4 is 52.3 Å². The standard InChI is InChI=1S/C20H19Cl2N3O2S2/c1-9(2)28-19-16(12-6-7-13(21)14(22)8-12)23-20(29-19)25-17(18(26)27)15(10(3)24-25)11-4-5-11/h6-9,11H,4-5H2,1-3H3,(H,26,27). The molecule has 29 heavy (non-hydrogen) atoms. The maximum atomic E-state index is 12.1. The van der Waals surface area contributed by atoms with Gasteiger partial charge < -0.3 is 5.11 Å². The second-order valence-electron chi connectivity index (χ2n) is 7.27. The second kappa shape index (κ2) is 7.95. The van der Waals surface area contributed by atoms with Gasteiger partial charge in [0.05, 0.1) is 25.6 Å². The highest BCUT2D eigenvalue weighted by molar-refractivity contribution is 8.01. The Labute approximate surface area is 187 Å². The fourth-order valence-corrected chi connectivity index (χ4v) is 6.03. The van der Waals surface area contributed by atoms with Crippen molar-refractivity contribution in [2.75, 3.05) is 0 Å². The average molecular weight is 468 g/mol. The number of benzene rings is 1. The highest BCUT2D eigenvalue weighted by Gasteiger charge is 2.35.